The quantitative estimate of drug-likeness (QED) is 0.243. The zero-order valence-electron chi connectivity index (χ0n) is 18.5. The molecule has 0 radical (unpaired) electrons. The molecule has 0 fully saturated rings. The first kappa shape index (κ1) is 22.5. The molecule has 0 saturated carbocycles. The number of thioether (sulfide) groups is 1. The van der Waals surface area contributed by atoms with Gasteiger partial charge in [-0.1, -0.05) is 72.8 Å². The van der Waals surface area contributed by atoms with Crippen molar-refractivity contribution in [2.24, 2.45) is 17.0 Å². The summed E-state index contributed by atoms with van der Waals surface area (Å²) in [6.07, 6.45) is 3.26. The van der Waals surface area contributed by atoms with Crippen molar-refractivity contribution in [1.29, 1.82) is 0 Å². The Kier molecular flexibility index (Phi) is 6.69. The van der Waals surface area contributed by atoms with Crippen molar-refractivity contribution in [1.82, 2.24) is 5.27 Å². The van der Waals surface area contributed by atoms with Gasteiger partial charge in [-0.25, -0.2) is 9.98 Å². The summed E-state index contributed by atoms with van der Waals surface area (Å²) in [5.74, 6) is -0.115. The average Bonchev–Trinajstić information content (AvgIpc) is 3.35. The third-order valence-electron chi connectivity index (χ3n) is 4.87. The molecule has 1 aromatic heterocycles. The van der Waals surface area contributed by atoms with Crippen LogP contribution in [-0.4, -0.2) is 28.0 Å². The Labute approximate surface area is 195 Å². The third-order valence-corrected chi connectivity index (χ3v) is 5.79. The van der Waals surface area contributed by atoms with Crippen LogP contribution in [0, 0.1) is 0 Å². The summed E-state index contributed by atoms with van der Waals surface area (Å²) in [5.41, 5.74) is 3.10. The first-order chi connectivity index (χ1) is 15.9. The number of aryl methyl sites for hydroxylation is 1. The number of nitrogens with zero attached hydrogens (tertiary/aromatic N) is 5. The molecule has 0 aliphatic carbocycles. The maximum Gasteiger partial charge on any atom is 0.320 e. The van der Waals surface area contributed by atoms with Gasteiger partial charge in [0.2, 0.25) is 0 Å². The number of amides is 1. The first-order valence-corrected chi connectivity index (χ1v) is 11.4. The van der Waals surface area contributed by atoms with E-state index in [1.807, 2.05) is 42.5 Å². The Morgan fingerprint density at radius 1 is 1.21 bits per heavy atom. The second-order valence-corrected chi connectivity index (χ2v) is 8.67. The van der Waals surface area contributed by atoms with Gasteiger partial charge in [0, 0.05) is 5.75 Å². The topological polar surface area (TPSA) is 98.0 Å². The molecule has 8 nitrogen and oxygen atoms in total. The van der Waals surface area contributed by atoms with Crippen LogP contribution in [0.5, 0.6) is 0 Å². The maximum atomic E-state index is 13.2. The third kappa shape index (κ3) is 5.38. The summed E-state index contributed by atoms with van der Waals surface area (Å²) in [4.78, 5) is 23.2. The van der Waals surface area contributed by atoms with Crippen molar-refractivity contribution in [3.8, 4) is 0 Å². The zero-order chi connectivity index (χ0) is 23.4. The van der Waals surface area contributed by atoms with Crippen LogP contribution in [0.15, 0.2) is 81.0 Å². The van der Waals surface area contributed by atoms with E-state index < -0.39 is 5.90 Å². The van der Waals surface area contributed by atoms with Crippen molar-refractivity contribution in [2.75, 3.05) is 10.7 Å². The lowest BCUT2D eigenvalue weighted by molar-refractivity contribution is -0.739. The molecule has 33 heavy (non-hydrogen) atoms. The van der Waals surface area contributed by atoms with Gasteiger partial charge in [-0.15, -0.1) is 0 Å². The molecule has 9 heteroatoms. The van der Waals surface area contributed by atoms with Gasteiger partial charge in [-0.05, 0) is 41.2 Å². The number of anilines is 1. The van der Waals surface area contributed by atoms with E-state index in [1.165, 1.54) is 21.3 Å². The predicted octanol–water partition coefficient (Wildman–Crippen LogP) is 3.19. The molecule has 3 aromatic rings. The zero-order valence-corrected chi connectivity index (χ0v) is 19.3. The molecule has 168 valence electrons. The van der Waals surface area contributed by atoms with Crippen LogP contribution < -0.4 is 14.7 Å². The SMILES string of the molecule is CC(C)c1ccc(/C=C2/N=C(SC/C([O-])=N\c3c[n+](C)no3)N(c3ccccc3)C2=O)cc1. The summed E-state index contributed by atoms with van der Waals surface area (Å²) in [6, 6.07) is 17.3. The minimum Gasteiger partial charge on any atom is -0.861 e. The molecule has 0 unspecified atom stereocenters. The van der Waals surface area contributed by atoms with E-state index in [9.17, 15) is 9.90 Å². The molecule has 1 amide bonds. The Morgan fingerprint density at radius 3 is 2.58 bits per heavy atom. The van der Waals surface area contributed by atoms with Crippen molar-refractivity contribution in [2.45, 2.75) is 19.8 Å². The molecule has 0 N–H and O–H groups in total. The fourth-order valence-corrected chi connectivity index (χ4v) is 3.97. The van der Waals surface area contributed by atoms with Gasteiger partial charge in [-0.2, -0.15) is 0 Å². The second kappa shape index (κ2) is 9.83. The van der Waals surface area contributed by atoms with Gasteiger partial charge in [0.15, 0.2) is 17.5 Å². The summed E-state index contributed by atoms with van der Waals surface area (Å²) in [6.45, 7) is 4.27. The second-order valence-electron chi connectivity index (χ2n) is 7.73. The number of hydrogen-bond donors (Lipinski definition) is 0. The molecule has 0 bridgehead atoms. The highest BCUT2D eigenvalue weighted by Crippen LogP contribution is 2.29. The monoisotopic (exact) mass is 461 g/mol. The highest BCUT2D eigenvalue weighted by molar-refractivity contribution is 8.14. The van der Waals surface area contributed by atoms with Gasteiger partial charge >= 0.3 is 5.88 Å². The number of carbonyl (C=O) groups is 1. The molecule has 0 atom stereocenters. The van der Waals surface area contributed by atoms with Gasteiger partial charge in [0.05, 0.1) is 5.69 Å². The fourth-order valence-electron chi connectivity index (χ4n) is 3.18. The first-order valence-electron chi connectivity index (χ1n) is 10.4. The lowest BCUT2D eigenvalue weighted by atomic mass is 10.0. The van der Waals surface area contributed by atoms with Gasteiger partial charge in [-0.3, -0.25) is 14.2 Å². The van der Waals surface area contributed by atoms with Crippen molar-refractivity contribution in [3.05, 3.63) is 77.6 Å². The Hall–Kier alpha value is -3.72. The van der Waals surface area contributed by atoms with Crippen LogP contribution in [0.3, 0.4) is 0 Å². The Morgan fingerprint density at radius 2 is 1.94 bits per heavy atom. The Bertz CT molecular complexity index is 1230. The van der Waals surface area contributed by atoms with E-state index >= 15 is 0 Å². The van der Waals surface area contributed by atoms with E-state index in [2.05, 4.69) is 41.2 Å². The van der Waals surface area contributed by atoms with E-state index in [0.717, 1.165) is 17.3 Å². The van der Waals surface area contributed by atoms with Gasteiger partial charge < -0.3 is 5.11 Å². The largest absolute Gasteiger partial charge is 0.861 e. The minimum absolute atomic E-state index is 0.00374. The Balaban J connectivity index is 1.59. The highest BCUT2D eigenvalue weighted by atomic mass is 32.2. The number of para-hydroxylation sites is 1. The predicted molar refractivity (Wildman–Crippen MR) is 127 cm³/mol. The summed E-state index contributed by atoms with van der Waals surface area (Å²) >= 11 is 1.15. The molecule has 1 aliphatic rings. The smallest absolute Gasteiger partial charge is 0.320 e. The summed E-state index contributed by atoms with van der Waals surface area (Å²) in [5, 5.41) is 16.4. The minimum atomic E-state index is -0.415. The van der Waals surface area contributed by atoms with Crippen LogP contribution in [0.25, 0.3) is 6.08 Å². The number of benzene rings is 2. The molecule has 0 spiro atoms. The van der Waals surface area contributed by atoms with Gasteiger partial charge in [0.25, 0.3) is 12.1 Å². The molecular weight excluding hydrogens is 438 g/mol. The number of hydrogen-bond acceptors (Lipinski definition) is 7. The van der Waals surface area contributed by atoms with Crippen molar-refractivity contribution in [3.63, 3.8) is 0 Å². The normalized spacial score (nSPS) is 15.6. The average molecular weight is 462 g/mol. The lowest BCUT2D eigenvalue weighted by Gasteiger charge is -2.18. The standard InChI is InChI=1S/C24H23N5O3S/c1-16(2)18-11-9-17(10-12-18)13-20-23(31)29(19-7-5-4-6-8-19)24(25-20)33-15-21(30)26-22-14-28(3)27-32-22/h4-14,16H,15H2,1-3H3/b20-13+. The van der Waals surface area contributed by atoms with Crippen molar-refractivity contribution < 1.29 is 19.1 Å². The molecular formula is C24H23N5O3S. The number of aliphatic imine (C=N–C) groups is 2. The molecule has 2 heterocycles. The highest BCUT2D eigenvalue weighted by Gasteiger charge is 2.31. The van der Waals surface area contributed by atoms with Crippen LogP contribution in [0.4, 0.5) is 11.6 Å². The van der Waals surface area contributed by atoms with E-state index in [1.54, 1.807) is 13.1 Å². The van der Waals surface area contributed by atoms with Crippen LogP contribution in [0.1, 0.15) is 30.9 Å². The molecule has 2 aromatic carbocycles. The fraction of sp³-hybridized carbons (Fsp3) is 0.208. The van der Waals surface area contributed by atoms with Crippen LogP contribution in [-0.2, 0) is 11.8 Å². The van der Waals surface area contributed by atoms with Crippen molar-refractivity contribution >= 4 is 46.4 Å². The maximum absolute atomic E-state index is 13.2. The number of amidine groups is 1. The molecule has 0 saturated heterocycles. The van der Waals surface area contributed by atoms with E-state index in [4.69, 9.17) is 4.52 Å². The van der Waals surface area contributed by atoms with E-state index in [0.29, 0.717) is 22.5 Å². The van der Waals surface area contributed by atoms with Gasteiger partial charge in [0.1, 0.15) is 5.70 Å². The molecule has 1 aliphatic heterocycles. The number of carbonyl (C=O) groups excluding carboxylic acids is 1. The summed E-state index contributed by atoms with van der Waals surface area (Å²) < 4.78 is 6.35. The lowest BCUT2D eigenvalue weighted by Crippen LogP contribution is -2.31. The number of aromatic nitrogens is 2. The molecule has 4 rings (SSSR count). The van der Waals surface area contributed by atoms with Crippen LogP contribution >= 0.6 is 11.8 Å². The van der Waals surface area contributed by atoms with E-state index in [-0.39, 0.29) is 17.5 Å². The number of rotatable bonds is 6. The van der Waals surface area contributed by atoms with Crippen LogP contribution in [0.2, 0.25) is 0 Å². The summed E-state index contributed by atoms with van der Waals surface area (Å²) in [7, 11) is 1.67.